The first kappa shape index (κ1) is 9.69. The largest absolute Gasteiger partial charge is 0.370 e. The van der Waals surface area contributed by atoms with Crippen LogP contribution in [0.1, 0.15) is 25.5 Å². The molecule has 1 N–H and O–H groups in total. The Balaban J connectivity index is 2.12. The van der Waals surface area contributed by atoms with Crippen LogP contribution in [0, 0.1) is 0 Å². The molecule has 14 heavy (non-hydrogen) atoms. The maximum Gasteiger partial charge on any atom is 0.0975 e. The van der Waals surface area contributed by atoms with Crippen LogP contribution in [0.5, 0.6) is 0 Å². The van der Waals surface area contributed by atoms with Gasteiger partial charge in [-0.05, 0) is 19.4 Å². The van der Waals surface area contributed by atoms with Crippen molar-refractivity contribution >= 4 is 0 Å². The average Bonchev–Trinajstić information content (AvgIpc) is 2.19. The quantitative estimate of drug-likeness (QED) is 0.734. The molecule has 0 saturated carbocycles. The molecule has 3 atom stereocenters. The molecule has 0 spiro atoms. The number of morpholine rings is 1. The first-order valence-electron chi connectivity index (χ1n) is 5.20. The molecule has 0 aliphatic carbocycles. The number of ether oxygens (including phenoxy) is 1. The molecule has 1 saturated heterocycles. The van der Waals surface area contributed by atoms with Gasteiger partial charge in [0.15, 0.2) is 0 Å². The molecule has 0 radical (unpaired) electrons. The van der Waals surface area contributed by atoms with E-state index in [1.165, 1.54) is 5.56 Å². The van der Waals surface area contributed by atoms with E-state index in [1.54, 1.807) is 0 Å². The molecule has 1 aromatic rings. The van der Waals surface area contributed by atoms with E-state index in [9.17, 15) is 0 Å². The number of hydrogen-bond donors (Lipinski definition) is 1. The first-order chi connectivity index (χ1) is 6.77. The lowest BCUT2D eigenvalue weighted by Crippen LogP contribution is -2.47. The van der Waals surface area contributed by atoms with Crippen LogP contribution in [0.2, 0.25) is 0 Å². The van der Waals surface area contributed by atoms with Crippen LogP contribution in [0.25, 0.3) is 0 Å². The van der Waals surface area contributed by atoms with Crippen molar-refractivity contribution in [3.05, 3.63) is 35.9 Å². The Labute approximate surface area is 85.3 Å². The summed E-state index contributed by atoms with van der Waals surface area (Å²) in [5, 5.41) is 3.50. The van der Waals surface area contributed by atoms with Crippen molar-refractivity contribution in [1.29, 1.82) is 0 Å². The Morgan fingerprint density at radius 3 is 2.57 bits per heavy atom. The zero-order valence-electron chi connectivity index (χ0n) is 8.73. The van der Waals surface area contributed by atoms with Gasteiger partial charge in [0, 0.05) is 12.1 Å². The van der Waals surface area contributed by atoms with Crippen LogP contribution < -0.4 is 5.32 Å². The molecule has 1 heterocycles. The van der Waals surface area contributed by atoms with Crippen molar-refractivity contribution in [3.8, 4) is 0 Å². The van der Waals surface area contributed by atoms with E-state index in [4.69, 9.17) is 4.74 Å². The molecule has 1 aromatic carbocycles. The Kier molecular flexibility index (Phi) is 2.85. The van der Waals surface area contributed by atoms with Gasteiger partial charge in [0.2, 0.25) is 0 Å². The Morgan fingerprint density at radius 1 is 1.21 bits per heavy atom. The summed E-state index contributed by atoms with van der Waals surface area (Å²) in [5.41, 5.74) is 1.26. The SMILES string of the molecule is C[C@@H]1N[C@@H](C)CO[C@@H]1c1ccccc1. The van der Waals surface area contributed by atoms with Gasteiger partial charge in [-0.1, -0.05) is 30.3 Å². The molecule has 2 nitrogen and oxygen atoms in total. The van der Waals surface area contributed by atoms with Crippen LogP contribution in [0.3, 0.4) is 0 Å². The predicted octanol–water partition coefficient (Wildman–Crippen LogP) is 2.12. The molecule has 1 aliphatic heterocycles. The summed E-state index contributed by atoms with van der Waals surface area (Å²) >= 11 is 0. The topological polar surface area (TPSA) is 21.3 Å². The maximum atomic E-state index is 5.83. The molecule has 0 bridgehead atoms. The lowest BCUT2D eigenvalue weighted by Gasteiger charge is -2.34. The molecule has 0 amide bonds. The third-order valence-corrected chi connectivity index (χ3v) is 2.66. The minimum Gasteiger partial charge on any atom is -0.370 e. The van der Waals surface area contributed by atoms with Gasteiger partial charge < -0.3 is 10.1 Å². The third kappa shape index (κ3) is 1.97. The van der Waals surface area contributed by atoms with Crippen LogP contribution in [0.15, 0.2) is 30.3 Å². The molecule has 76 valence electrons. The number of benzene rings is 1. The summed E-state index contributed by atoms with van der Waals surface area (Å²) in [7, 11) is 0. The third-order valence-electron chi connectivity index (χ3n) is 2.66. The molecule has 1 aliphatic rings. The van der Waals surface area contributed by atoms with Gasteiger partial charge in [-0.2, -0.15) is 0 Å². The second-order valence-corrected chi connectivity index (χ2v) is 4.02. The fraction of sp³-hybridized carbons (Fsp3) is 0.500. The minimum absolute atomic E-state index is 0.201. The van der Waals surface area contributed by atoms with Crippen LogP contribution >= 0.6 is 0 Å². The Hall–Kier alpha value is -0.860. The van der Waals surface area contributed by atoms with Gasteiger partial charge in [-0.25, -0.2) is 0 Å². The normalized spacial score (nSPS) is 32.9. The van der Waals surface area contributed by atoms with Gasteiger partial charge in [0.25, 0.3) is 0 Å². The van der Waals surface area contributed by atoms with E-state index in [0.29, 0.717) is 12.1 Å². The maximum absolute atomic E-state index is 5.83. The molecule has 1 fully saturated rings. The van der Waals surface area contributed by atoms with Crippen molar-refractivity contribution in [3.63, 3.8) is 0 Å². The van der Waals surface area contributed by atoms with Gasteiger partial charge in [-0.15, -0.1) is 0 Å². The molecule has 0 unspecified atom stereocenters. The van der Waals surface area contributed by atoms with Crippen molar-refractivity contribution in [1.82, 2.24) is 5.32 Å². The van der Waals surface area contributed by atoms with Gasteiger partial charge >= 0.3 is 0 Å². The van der Waals surface area contributed by atoms with E-state index < -0.39 is 0 Å². The van der Waals surface area contributed by atoms with E-state index in [-0.39, 0.29) is 6.10 Å². The van der Waals surface area contributed by atoms with E-state index in [1.807, 2.05) is 6.07 Å². The Morgan fingerprint density at radius 2 is 1.93 bits per heavy atom. The zero-order valence-corrected chi connectivity index (χ0v) is 8.73. The summed E-state index contributed by atoms with van der Waals surface area (Å²) in [5.74, 6) is 0. The number of rotatable bonds is 1. The van der Waals surface area contributed by atoms with Crippen molar-refractivity contribution in [2.45, 2.75) is 32.0 Å². The second-order valence-electron chi connectivity index (χ2n) is 4.02. The summed E-state index contributed by atoms with van der Waals surface area (Å²) in [6, 6.07) is 11.3. The lowest BCUT2D eigenvalue weighted by atomic mass is 10.0. The predicted molar refractivity (Wildman–Crippen MR) is 57.2 cm³/mol. The number of nitrogens with one attached hydrogen (secondary N) is 1. The minimum atomic E-state index is 0.201. The molecule has 2 heteroatoms. The second kappa shape index (κ2) is 4.11. The van der Waals surface area contributed by atoms with E-state index in [2.05, 4.69) is 43.4 Å². The lowest BCUT2D eigenvalue weighted by molar-refractivity contribution is -0.0207. The van der Waals surface area contributed by atoms with Crippen LogP contribution in [-0.2, 0) is 4.74 Å². The summed E-state index contributed by atoms with van der Waals surface area (Å²) < 4.78 is 5.83. The number of hydrogen-bond acceptors (Lipinski definition) is 2. The van der Waals surface area contributed by atoms with Crippen molar-refractivity contribution < 1.29 is 4.74 Å². The van der Waals surface area contributed by atoms with Gasteiger partial charge in [0.1, 0.15) is 0 Å². The van der Waals surface area contributed by atoms with Gasteiger partial charge in [0.05, 0.1) is 12.7 Å². The highest BCUT2D eigenvalue weighted by Gasteiger charge is 2.26. The van der Waals surface area contributed by atoms with Crippen molar-refractivity contribution in [2.75, 3.05) is 6.61 Å². The first-order valence-corrected chi connectivity index (χ1v) is 5.20. The van der Waals surface area contributed by atoms with Crippen LogP contribution in [0.4, 0.5) is 0 Å². The molecule has 2 rings (SSSR count). The monoisotopic (exact) mass is 191 g/mol. The summed E-state index contributed by atoms with van der Waals surface area (Å²) in [6.07, 6.45) is 0.201. The highest BCUT2D eigenvalue weighted by Crippen LogP contribution is 2.24. The van der Waals surface area contributed by atoms with Crippen molar-refractivity contribution in [2.24, 2.45) is 0 Å². The van der Waals surface area contributed by atoms with E-state index in [0.717, 1.165) is 6.61 Å². The Bertz CT molecular complexity index is 286. The molecular weight excluding hydrogens is 174 g/mol. The smallest absolute Gasteiger partial charge is 0.0975 e. The zero-order chi connectivity index (χ0) is 9.97. The standard InChI is InChI=1S/C12H17NO/c1-9-8-14-12(10(2)13-9)11-6-4-3-5-7-11/h3-7,9-10,12-13H,8H2,1-2H3/t9-,10-,12-/m0/s1. The summed E-state index contributed by atoms with van der Waals surface area (Å²) in [4.78, 5) is 0. The molecular formula is C12H17NO. The van der Waals surface area contributed by atoms with E-state index >= 15 is 0 Å². The van der Waals surface area contributed by atoms with Crippen LogP contribution in [-0.4, -0.2) is 18.7 Å². The average molecular weight is 191 g/mol. The van der Waals surface area contributed by atoms with Gasteiger partial charge in [-0.3, -0.25) is 0 Å². The molecule has 0 aromatic heterocycles. The fourth-order valence-corrected chi connectivity index (χ4v) is 2.00. The highest BCUT2D eigenvalue weighted by atomic mass is 16.5. The highest BCUT2D eigenvalue weighted by molar-refractivity contribution is 5.19. The fourth-order valence-electron chi connectivity index (χ4n) is 2.00. The summed E-state index contributed by atoms with van der Waals surface area (Å²) in [6.45, 7) is 5.12.